The van der Waals surface area contributed by atoms with E-state index in [0.717, 1.165) is 5.69 Å². The van der Waals surface area contributed by atoms with Gasteiger partial charge < -0.3 is 10.7 Å². The first-order valence-electron chi connectivity index (χ1n) is 2.69. The van der Waals surface area contributed by atoms with Gasteiger partial charge in [0, 0.05) is 17.9 Å². The highest BCUT2D eigenvalue weighted by molar-refractivity contribution is 5.85. The van der Waals surface area contributed by atoms with Crippen LogP contribution in [0.15, 0.2) is 18.3 Å². The van der Waals surface area contributed by atoms with Crippen molar-refractivity contribution in [2.24, 2.45) is 5.73 Å². The van der Waals surface area contributed by atoms with Crippen LogP contribution >= 0.6 is 12.4 Å². The third kappa shape index (κ3) is 2.08. The Kier molecular flexibility index (Phi) is 3.35. The largest absolute Gasteiger partial charge is 0.364 e. The fraction of sp³-hybridized carbons (Fsp3) is 0.333. The lowest BCUT2D eigenvalue weighted by Crippen LogP contribution is -2.04. The molecule has 1 rings (SSSR count). The number of hydrogen-bond acceptors (Lipinski definition) is 1. The van der Waals surface area contributed by atoms with E-state index in [-0.39, 0.29) is 18.4 Å². The number of rotatable bonds is 1. The second kappa shape index (κ2) is 3.54. The Bertz CT molecular complexity index is 146. The molecule has 1 aromatic rings. The van der Waals surface area contributed by atoms with E-state index in [1.54, 1.807) is 0 Å². The van der Waals surface area contributed by atoms with Gasteiger partial charge in [0.15, 0.2) is 0 Å². The molecule has 0 aromatic carbocycles. The van der Waals surface area contributed by atoms with Crippen LogP contribution in [0.3, 0.4) is 0 Å². The molecule has 0 aliphatic heterocycles. The number of hydrogen-bond donors (Lipinski definition) is 2. The molecule has 0 bridgehead atoms. The Hall–Kier alpha value is -0.470. The topological polar surface area (TPSA) is 41.8 Å². The molecule has 9 heavy (non-hydrogen) atoms. The second-order valence-electron chi connectivity index (χ2n) is 1.91. The van der Waals surface area contributed by atoms with Crippen molar-refractivity contribution >= 4 is 12.4 Å². The Morgan fingerprint density at radius 1 is 1.67 bits per heavy atom. The van der Waals surface area contributed by atoms with Gasteiger partial charge in [-0.2, -0.15) is 0 Å². The van der Waals surface area contributed by atoms with Crippen LogP contribution in [-0.4, -0.2) is 4.98 Å². The van der Waals surface area contributed by atoms with Gasteiger partial charge in [0.2, 0.25) is 0 Å². The number of aromatic nitrogens is 1. The van der Waals surface area contributed by atoms with Crippen LogP contribution < -0.4 is 5.73 Å². The maximum absolute atomic E-state index is 5.53. The van der Waals surface area contributed by atoms with Gasteiger partial charge in [0.25, 0.3) is 0 Å². The van der Waals surface area contributed by atoms with E-state index >= 15 is 0 Å². The quantitative estimate of drug-likeness (QED) is 0.619. The van der Waals surface area contributed by atoms with Gasteiger partial charge in [-0.05, 0) is 19.1 Å². The lowest BCUT2D eigenvalue weighted by atomic mass is 10.3. The van der Waals surface area contributed by atoms with Crippen molar-refractivity contribution in [3.63, 3.8) is 0 Å². The van der Waals surface area contributed by atoms with Gasteiger partial charge >= 0.3 is 0 Å². The molecule has 0 amide bonds. The number of H-pyrrole nitrogens is 1. The van der Waals surface area contributed by atoms with Crippen molar-refractivity contribution in [3.8, 4) is 0 Å². The average Bonchev–Trinajstić information content (AvgIpc) is 2.12. The second-order valence-corrected chi connectivity index (χ2v) is 1.91. The SMILES string of the molecule is C[C@@H](N)c1ccc[nH]1.Cl. The molecule has 0 saturated carbocycles. The highest BCUT2D eigenvalue weighted by atomic mass is 35.5. The number of nitrogens with one attached hydrogen (secondary N) is 1. The zero-order chi connectivity index (χ0) is 5.98. The fourth-order valence-electron chi connectivity index (χ4n) is 0.627. The molecular formula is C6H11ClN2. The monoisotopic (exact) mass is 146 g/mol. The summed E-state index contributed by atoms with van der Waals surface area (Å²) in [6.45, 7) is 1.95. The van der Waals surface area contributed by atoms with Crippen molar-refractivity contribution in [1.82, 2.24) is 4.98 Å². The summed E-state index contributed by atoms with van der Waals surface area (Å²) in [6, 6.07) is 4.05. The van der Waals surface area contributed by atoms with Crippen molar-refractivity contribution < 1.29 is 0 Å². The summed E-state index contributed by atoms with van der Waals surface area (Å²) in [5.41, 5.74) is 6.61. The molecular weight excluding hydrogens is 136 g/mol. The van der Waals surface area contributed by atoms with E-state index in [2.05, 4.69) is 4.98 Å². The molecule has 0 fully saturated rings. The smallest absolute Gasteiger partial charge is 0.0419 e. The highest BCUT2D eigenvalue weighted by Gasteiger charge is 1.94. The van der Waals surface area contributed by atoms with E-state index < -0.39 is 0 Å². The minimum absolute atomic E-state index is 0. The van der Waals surface area contributed by atoms with Gasteiger partial charge in [0.1, 0.15) is 0 Å². The molecule has 1 aromatic heterocycles. The zero-order valence-corrected chi connectivity index (χ0v) is 6.11. The molecule has 0 aliphatic carbocycles. The summed E-state index contributed by atoms with van der Waals surface area (Å²) in [7, 11) is 0. The molecule has 1 heterocycles. The normalized spacial score (nSPS) is 12.2. The first kappa shape index (κ1) is 8.53. The van der Waals surface area contributed by atoms with E-state index in [9.17, 15) is 0 Å². The molecule has 0 aliphatic rings. The van der Waals surface area contributed by atoms with Gasteiger partial charge in [-0.1, -0.05) is 0 Å². The van der Waals surface area contributed by atoms with Gasteiger partial charge in [0.05, 0.1) is 0 Å². The van der Waals surface area contributed by atoms with Crippen molar-refractivity contribution in [3.05, 3.63) is 24.0 Å². The third-order valence-electron chi connectivity index (χ3n) is 1.11. The van der Waals surface area contributed by atoms with E-state index in [4.69, 9.17) is 5.73 Å². The Morgan fingerprint density at radius 2 is 2.33 bits per heavy atom. The Labute approximate surface area is 60.9 Å². The summed E-state index contributed by atoms with van der Waals surface area (Å²) in [4.78, 5) is 3.01. The molecule has 3 N–H and O–H groups in total. The van der Waals surface area contributed by atoms with Gasteiger partial charge in [-0.3, -0.25) is 0 Å². The maximum atomic E-state index is 5.53. The predicted molar refractivity (Wildman–Crippen MR) is 40.6 cm³/mol. The van der Waals surface area contributed by atoms with E-state index in [1.807, 2.05) is 25.3 Å². The number of aromatic amines is 1. The molecule has 0 saturated heterocycles. The molecule has 0 spiro atoms. The minimum atomic E-state index is 0. The molecule has 0 unspecified atom stereocenters. The number of nitrogens with two attached hydrogens (primary N) is 1. The fourth-order valence-corrected chi connectivity index (χ4v) is 0.627. The Balaban J connectivity index is 0.000000640. The molecule has 1 atom stereocenters. The first-order chi connectivity index (χ1) is 3.80. The Morgan fingerprint density at radius 3 is 2.56 bits per heavy atom. The van der Waals surface area contributed by atoms with Crippen molar-refractivity contribution in [2.75, 3.05) is 0 Å². The summed E-state index contributed by atoms with van der Waals surface area (Å²) < 4.78 is 0. The lowest BCUT2D eigenvalue weighted by Gasteiger charge is -1.97. The average molecular weight is 147 g/mol. The molecule has 0 radical (unpaired) electrons. The first-order valence-corrected chi connectivity index (χ1v) is 2.69. The van der Waals surface area contributed by atoms with Crippen LogP contribution in [0.25, 0.3) is 0 Å². The van der Waals surface area contributed by atoms with Crippen LogP contribution in [0.1, 0.15) is 18.7 Å². The van der Waals surface area contributed by atoms with Gasteiger partial charge in [-0.25, -0.2) is 0 Å². The minimum Gasteiger partial charge on any atom is -0.364 e. The van der Waals surface area contributed by atoms with Gasteiger partial charge in [-0.15, -0.1) is 12.4 Å². The standard InChI is InChI=1S/C6H10N2.ClH/c1-5(7)6-3-2-4-8-6;/h2-5,8H,7H2,1H3;1H/t5-;/m1./s1. The van der Waals surface area contributed by atoms with Crippen LogP contribution in [0.5, 0.6) is 0 Å². The van der Waals surface area contributed by atoms with Crippen LogP contribution in [0.4, 0.5) is 0 Å². The van der Waals surface area contributed by atoms with Crippen molar-refractivity contribution in [1.29, 1.82) is 0 Å². The lowest BCUT2D eigenvalue weighted by molar-refractivity contribution is 0.789. The third-order valence-corrected chi connectivity index (χ3v) is 1.11. The highest BCUT2D eigenvalue weighted by Crippen LogP contribution is 2.03. The maximum Gasteiger partial charge on any atom is 0.0419 e. The molecule has 2 nitrogen and oxygen atoms in total. The molecule has 52 valence electrons. The van der Waals surface area contributed by atoms with E-state index in [0.29, 0.717) is 0 Å². The number of halogens is 1. The summed E-state index contributed by atoms with van der Waals surface area (Å²) in [5.74, 6) is 0. The summed E-state index contributed by atoms with van der Waals surface area (Å²) in [5, 5.41) is 0. The van der Waals surface area contributed by atoms with Crippen LogP contribution in [0, 0.1) is 0 Å². The zero-order valence-electron chi connectivity index (χ0n) is 5.29. The predicted octanol–water partition coefficient (Wildman–Crippen LogP) is 1.46. The summed E-state index contributed by atoms with van der Waals surface area (Å²) in [6.07, 6.45) is 1.87. The molecule has 3 heteroatoms. The van der Waals surface area contributed by atoms with Crippen LogP contribution in [-0.2, 0) is 0 Å². The van der Waals surface area contributed by atoms with Crippen LogP contribution in [0.2, 0.25) is 0 Å². The van der Waals surface area contributed by atoms with E-state index in [1.165, 1.54) is 0 Å². The summed E-state index contributed by atoms with van der Waals surface area (Å²) >= 11 is 0. The van der Waals surface area contributed by atoms with Crippen molar-refractivity contribution in [2.45, 2.75) is 13.0 Å².